The Bertz CT molecular complexity index is 582. The van der Waals surface area contributed by atoms with Gasteiger partial charge in [-0.2, -0.15) is 4.89 Å². The summed E-state index contributed by atoms with van der Waals surface area (Å²) in [4.78, 5) is 7.04. The number of hydrogen-bond acceptors (Lipinski definition) is 2. The number of halogens is 1. The van der Waals surface area contributed by atoms with E-state index in [9.17, 15) is 9.50 Å². The quantitative estimate of drug-likeness (QED) is 0.590. The molecule has 3 fully saturated rings. The van der Waals surface area contributed by atoms with Crippen molar-refractivity contribution in [1.29, 1.82) is 0 Å². The maximum Gasteiger partial charge on any atom is 0.491 e. The van der Waals surface area contributed by atoms with Gasteiger partial charge in [-0.05, 0) is 96.4 Å². The van der Waals surface area contributed by atoms with Gasteiger partial charge in [-0.3, -0.25) is 0 Å². The van der Waals surface area contributed by atoms with E-state index < -0.39 is 8.69 Å². The van der Waals surface area contributed by atoms with E-state index >= 15 is 0 Å². The molecule has 0 radical (unpaired) electrons. The fraction of sp³-hybridized carbons (Fsp3) is 0.909. The van der Waals surface area contributed by atoms with Crippen molar-refractivity contribution in [3.63, 3.8) is 0 Å². The average molecular weight is 400 g/mol. The first kappa shape index (κ1) is 21.4. The van der Waals surface area contributed by atoms with Crippen LogP contribution in [0.25, 0.3) is 0 Å². The lowest BCUT2D eigenvalue weighted by Crippen LogP contribution is -2.53. The van der Waals surface area contributed by atoms with Gasteiger partial charge >= 0.3 is 8.69 Å². The van der Waals surface area contributed by atoms with Crippen molar-refractivity contribution in [2.45, 2.75) is 72.1 Å². The number of rotatable bonds is 2. The highest BCUT2D eigenvalue weighted by atomic mass is 31.1. The molecule has 9 atom stereocenters. The normalized spacial score (nSPS) is 47.0. The van der Waals surface area contributed by atoms with Crippen molar-refractivity contribution in [3.8, 4) is 0 Å². The van der Waals surface area contributed by atoms with Crippen LogP contribution in [0.3, 0.4) is 0 Å². The molecule has 0 amide bonds. The van der Waals surface area contributed by atoms with Crippen molar-refractivity contribution in [2.24, 2.45) is 46.3 Å². The van der Waals surface area contributed by atoms with Gasteiger partial charge in [0.05, 0.1) is 5.83 Å². The molecule has 0 heterocycles. The third kappa shape index (κ3) is 3.45. The molecule has 5 heteroatoms. The highest BCUT2D eigenvalue weighted by Crippen LogP contribution is 2.68. The Kier molecular flexibility index (Phi) is 6.50. The van der Waals surface area contributed by atoms with Crippen LogP contribution in [-0.4, -0.2) is 16.6 Å². The minimum absolute atomic E-state index is 0.198. The molecule has 0 aromatic carbocycles. The predicted molar refractivity (Wildman–Crippen MR) is 107 cm³/mol. The highest BCUT2D eigenvalue weighted by molar-refractivity contribution is 7.16. The molecule has 2 N–H and O–H groups in total. The second-order valence-corrected chi connectivity index (χ2v) is 10.3. The van der Waals surface area contributed by atoms with Gasteiger partial charge in [-0.1, -0.05) is 26.8 Å². The fourth-order valence-electron chi connectivity index (χ4n) is 8.03. The molecule has 27 heavy (non-hydrogen) atoms. The average Bonchev–Trinajstić information content (AvgIpc) is 2.99. The molecule has 0 aromatic rings. The number of allylic oxidation sites excluding steroid dienone is 2. The third-order valence-electron chi connectivity index (χ3n) is 9.27. The van der Waals surface area contributed by atoms with Crippen molar-refractivity contribution in [1.82, 2.24) is 0 Å². The van der Waals surface area contributed by atoms with Crippen LogP contribution in [0.5, 0.6) is 0 Å². The Balaban J connectivity index is 0.000000659. The van der Waals surface area contributed by atoms with E-state index in [1.165, 1.54) is 38.5 Å². The van der Waals surface area contributed by atoms with Gasteiger partial charge in [0.1, 0.15) is 0 Å². The SMILES string of the molecule is C[C@H](CO)[C@H]1CC[C@H]2[C@@H]3CC[C@H]4C(F)=CCC[C@]4(C)[C@H]3CC[C@]12C.O=[PH+]O. The van der Waals surface area contributed by atoms with Crippen molar-refractivity contribution in [2.75, 3.05) is 6.61 Å². The zero-order chi connectivity index (χ0) is 19.8. The number of aliphatic hydroxyl groups excluding tert-OH is 1. The second-order valence-electron chi connectivity index (χ2n) is 10.1. The molecule has 0 aliphatic heterocycles. The summed E-state index contributed by atoms with van der Waals surface area (Å²) in [7, 11) is -1.17. The summed E-state index contributed by atoms with van der Waals surface area (Å²) in [5.74, 6) is 3.84. The zero-order valence-corrected chi connectivity index (χ0v) is 18.1. The molecule has 0 spiro atoms. The van der Waals surface area contributed by atoms with E-state index in [4.69, 9.17) is 9.46 Å². The molecule has 4 rings (SSSR count). The van der Waals surface area contributed by atoms with E-state index in [1.807, 2.05) is 6.08 Å². The lowest BCUT2D eigenvalue weighted by atomic mass is 9.45. The maximum atomic E-state index is 14.5. The minimum atomic E-state index is -1.17. The first-order valence-corrected chi connectivity index (χ1v) is 11.7. The predicted octanol–water partition coefficient (Wildman–Crippen LogP) is 5.65. The summed E-state index contributed by atoms with van der Waals surface area (Å²) >= 11 is 0. The van der Waals surface area contributed by atoms with Crippen LogP contribution in [0.4, 0.5) is 4.39 Å². The Hall–Kier alpha value is -0.310. The maximum absolute atomic E-state index is 14.5. The third-order valence-corrected chi connectivity index (χ3v) is 9.27. The van der Waals surface area contributed by atoms with E-state index in [-0.39, 0.29) is 17.2 Å². The molecule has 0 saturated heterocycles. The Labute approximate surface area is 165 Å². The van der Waals surface area contributed by atoms with Gasteiger partial charge in [0.2, 0.25) is 0 Å². The van der Waals surface area contributed by atoms with Crippen LogP contribution >= 0.6 is 8.69 Å². The molecule has 3 nitrogen and oxygen atoms in total. The lowest BCUT2D eigenvalue weighted by Gasteiger charge is -2.60. The summed E-state index contributed by atoms with van der Waals surface area (Å²) in [5.41, 5.74) is 0.610. The lowest BCUT2D eigenvalue weighted by molar-refractivity contribution is -0.103. The largest absolute Gasteiger partial charge is 0.491 e. The molecule has 0 aromatic heterocycles. The molecule has 0 bridgehead atoms. The van der Waals surface area contributed by atoms with Crippen molar-refractivity contribution < 1.29 is 19.0 Å². The standard InChI is InChI=1S/C22H35FO.HO2P/c1-14(13-24)16-8-9-17-15-6-7-19-20(23)5-4-11-21(19,2)18(15)10-12-22(16,17)3;1-3-2/h5,14-19,24H,4,6-13H2,1-3H3;3H/p+1/t14-,15+,16-,17+,18+,19+,21-,22-;/m1./s1. The van der Waals surface area contributed by atoms with Crippen LogP contribution < -0.4 is 0 Å². The number of fused-ring (bicyclic) bond motifs is 5. The van der Waals surface area contributed by atoms with E-state index in [1.54, 1.807) is 0 Å². The van der Waals surface area contributed by atoms with E-state index in [2.05, 4.69) is 20.8 Å². The Morgan fingerprint density at radius 3 is 2.48 bits per heavy atom. The van der Waals surface area contributed by atoms with Crippen molar-refractivity contribution in [3.05, 3.63) is 11.9 Å². The molecule has 154 valence electrons. The second kappa shape index (κ2) is 8.20. The zero-order valence-electron chi connectivity index (χ0n) is 17.1. The molecule has 3 saturated carbocycles. The monoisotopic (exact) mass is 399 g/mol. The summed E-state index contributed by atoms with van der Waals surface area (Å²) in [6.07, 6.45) is 11.5. The first-order valence-electron chi connectivity index (χ1n) is 10.8. The van der Waals surface area contributed by atoms with Crippen LogP contribution in [-0.2, 0) is 4.57 Å². The first-order chi connectivity index (χ1) is 12.8. The van der Waals surface area contributed by atoms with Gasteiger partial charge in [0, 0.05) is 12.5 Å². The van der Waals surface area contributed by atoms with Gasteiger partial charge < -0.3 is 5.11 Å². The minimum Gasteiger partial charge on any atom is -0.396 e. The van der Waals surface area contributed by atoms with Gasteiger partial charge in [0.15, 0.2) is 0 Å². The summed E-state index contributed by atoms with van der Waals surface area (Å²) < 4.78 is 23.0. The molecule has 4 aliphatic carbocycles. The Morgan fingerprint density at radius 1 is 1.15 bits per heavy atom. The number of hydrogen-bond donors (Lipinski definition) is 2. The Morgan fingerprint density at radius 2 is 1.81 bits per heavy atom. The van der Waals surface area contributed by atoms with Crippen LogP contribution in [0.1, 0.15) is 72.1 Å². The van der Waals surface area contributed by atoms with Crippen LogP contribution in [0.15, 0.2) is 11.9 Å². The highest BCUT2D eigenvalue weighted by Gasteiger charge is 2.60. The van der Waals surface area contributed by atoms with Crippen LogP contribution in [0.2, 0.25) is 0 Å². The topological polar surface area (TPSA) is 57.5 Å². The van der Waals surface area contributed by atoms with Gasteiger partial charge in [0.25, 0.3) is 0 Å². The smallest absolute Gasteiger partial charge is 0.396 e. The van der Waals surface area contributed by atoms with Crippen LogP contribution in [0, 0.1) is 46.3 Å². The fourth-order valence-corrected chi connectivity index (χ4v) is 8.03. The molecule has 1 unspecified atom stereocenters. The van der Waals surface area contributed by atoms with Gasteiger partial charge in [-0.25, -0.2) is 4.39 Å². The van der Waals surface area contributed by atoms with Crippen molar-refractivity contribution >= 4 is 8.69 Å². The summed E-state index contributed by atoms with van der Waals surface area (Å²) in [6.45, 7) is 7.50. The molecular weight excluding hydrogens is 362 g/mol. The molecule has 4 aliphatic rings. The summed E-state index contributed by atoms with van der Waals surface area (Å²) in [5, 5.41) is 9.71. The van der Waals surface area contributed by atoms with E-state index in [0.29, 0.717) is 23.9 Å². The summed E-state index contributed by atoms with van der Waals surface area (Å²) in [6, 6.07) is 0. The molecular formula is C22H37FO3P+. The van der Waals surface area contributed by atoms with Gasteiger partial charge in [-0.15, -0.1) is 0 Å². The van der Waals surface area contributed by atoms with E-state index in [0.717, 1.165) is 30.6 Å². The number of aliphatic hydroxyl groups is 1.